The van der Waals surface area contributed by atoms with E-state index in [1.165, 1.54) is 0 Å². The molecule has 1 N–H and O–H groups in total. The molecule has 1 aromatic carbocycles. The van der Waals surface area contributed by atoms with Gasteiger partial charge in [0.1, 0.15) is 0 Å². The number of nitrogens with one attached hydrogen (secondary N) is 1. The number of carbonyl (C=O) groups is 1. The third kappa shape index (κ3) is 1.53. The molecule has 1 aliphatic heterocycles. The molecule has 90 valence electrons. The van der Waals surface area contributed by atoms with E-state index in [1.54, 1.807) is 0 Å². The van der Waals surface area contributed by atoms with Crippen molar-refractivity contribution >= 4 is 28.9 Å². The fourth-order valence-electron chi connectivity index (χ4n) is 2.80. The van der Waals surface area contributed by atoms with Crippen molar-refractivity contribution in [3.8, 4) is 0 Å². The van der Waals surface area contributed by atoms with Crippen LogP contribution in [0.4, 0.5) is 11.4 Å². The van der Waals surface area contributed by atoms with E-state index in [9.17, 15) is 4.79 Å². The van der Waals surface area contributed by atoms with Crippen molar-refractivity contribution in [2.24, 2.45) is 5.41 Å². The number of nitrogens with zero attached hydrogens (tertiary/aromatic N) is 1. The van der Waals surface area contributed by atoms with Crippen LogP contribution in [0.3, 0.4) is 0 Å². The molecule has 1 aromatic rings. The largest absolute Gasteiger partial charge is 0.372 e. The molecule has 4 heteroatoms. The SMILES string of the molecule is CN1CC2(CCC2)C(=O)Nc2c(Cl)cccc21. The molecule has 1 heterocycles. The summed E-state index contributed by atoms with van der Waals surface area (Å²) in [4.78, 5) is 14.4. The molecule has 1 spiro atoms. The summed E-state index contributed by atoms with van der Waals surface area (Å²) in [6.07, 6.45) is 3.11. The summed E-state index contributed by atoms with van der Waals surface area (Å²) in [5, 5.41) is 3.61. The van der Waals surface area contributed by atoms with Crippen LogP contribution in [0, 0.1) is 5.41 Å². The Morgan fingerprint density at radius 1 is 1.41 bits per heavy atom. The molecule has 3 nitrogen and oxygen atoms in total. The molecule has 17 heavy (non-hydrogen) atoms. The van der Waals surface area contributed by atoms with E-state index in [-0.39, 0.29) is 11.3 Å². The smallest absolute Gasteiger partial charge is 0.232 e. The maximum absolute atomic E-state index is 12.3. The summed E-state index contributed by atoms with van der Waals surface area (Å²) in [5.41, 5.74) is 1.57. The highest BCUT2D eigenvalue weighted by Gasteiger charge is 2.46. The fraction of sp³-hybridized carbons (Fsp3) is 0.462. The molecule has 2 aliphatic rings. The summed E-state index contributed by atoms with van der Waals surface area (Å²) < 4.78 is 0. The van der Waals surface area contributed by atoms with Crippen molar-refractivity contribution in [3.05, 3.63) is 23.2 Å². The first-order valence-corrected chi connectivity index (χ1v) is 6.31. The lowest BCUT2D eigenvalue weighted by atomic mass is 9.68. The second kappa shape index (κ2) is 3.64. The number of halogens is 1. The van der Waals surface area contributed by atoms with Gasteiger partial charge in [-0.15, -0.1) is 0 Å². The Balaban J connectivity index is 2.07. The summed E-state index contributed by atoms with van der Waals surface area (Å²) in [5.74, 6) is 0.127. The summed E-state index contributed by atoms with van der Waals surface area (Å²) >= 11 is 6.16. The average Bonchev–Trinajstić information content (AvgIpc) is 2.36. The van der Waals surface area contributed by atoms with Gasteiger partial charge in [-0.05, 0) is 25.0 Å². The quantitative estimate of drug-likeness (QED) is 0.768. The number of para-hydroxylation sites is 1. The Morgan fingerprint density at radius 3 is 2.82 bits per heavy atom. The minimum absolute atomic E-state index is 0.127. The predicted molar refractivity (Wildman–Crippen MR) is 69.6 cm³/mol. The highest BCUT2D eigenvalue weighted by Crippen LogP contribution is 2.47. The van der Waals surface area contributed by atoms with Gasteiger partial charge in [-0.3, -0.25) is 4.79 Å². The van der Waals surface area contributed by atoms with Crippen LogP contribution < -0.4 is 10.2 Å². The number of hydrogen-bond acceptors (Lipinski definition) is 2. The molecular formula is C13H15ClN2O. The van der Waals surface area contributed by atoms with Gasteiger partial charge < -0.3 is 10.2 Å². The molecule has 3 rings (SSSR count). The standard InChI is InChI=1S/C13H15ClN2O/c1-16-8-13(6-3-7-13)12(17)15-11-9(14)4-2-5-10(11)16/h2,4-5H,3,6-8H2,1H3,(H,15,17). The van der Waals surface area contributed by atoms with Crippen LogP contribution in [0.2, 0.25) is 5.02 Å². The summed E-state index contributed by atoms with van der Waals surface area (Å²) in [6, 6.07) is 5.73. The summed E-state index contributed by atoms with van der Waals surface area (Å²) in [7, 11) is 2.02. The number of anilines is 2. The van der Waals surface area contributed by atoms with Crippen LogP contribution in [0.15, 0.2) is 18.2 Å². The van der Waals surface area contributed by atoms with Gasteiger partial charge in [0.15, 0.2) is 0 Å². The molecule has 0 atom stereocenters. The number of carbonyl (C=O) groups excluding carboxylic acids is 1. The highest BCUT2D eigenvalue weighted by atomic mass is 35.5. The molecule has 0 aromatic heterocycles. The zero-order valence-electron chi connectivity index (χ0n) is 9.79. The highest BCUT2D eigenvalue weighted by molar-refractivity contribution is 6.34. The number of benzene rings is 1. The molecule has 0 unspecified atom stereocenters. The van der Waals surface area contributed by atoms with Gasteiger partial charge in [0.05, 0.1) is 21.8 Å². The Labute approximate surface area is 106 Å². The molecule has 1 saturated carbocycles. The van der Waals surface area contributed by atoms with Crippen molar-refractivity contribution in [3.63, 3.8) is 0 Å². The second-order valence-corrected chi connectivity index (χ2v) is 5.49. The van der Waals surface area contributed by atoms with Crippen molar-refractivity contribution in [1.82, 2.24) is 0 Å². The first-order valence-electron chi connectivity index (χ1n) is 5.93. The van der Waals surface area contributed by atoms with Crippen molar-refractivity contribution in [2.75, 3.05) is 23.8 Å². The second-order valence-electron chi connectivity index (χ2n) is 5.08. The zero-order chi connectivity index (χ0) is 12.0. The monoisotopic (exact) mass is 250 g/mol. The van der Waals surface area contributed by atoms with Gasteiger partial charge in [0.2, 0.25) is 5.91 Å². The van der Waals surface area contributed by atoms with Gasteiger partial charge in [0.25, 0.3) is 0 Å². The topological polar surface area (TPSA) is 32.3 Å². The van der Waals surface area contributed by atoms with E-state index >= 15 is 0 Å². The lowest BCUT2D eigenvalue weighted by Crippen LogP contribution is -2.47. The van der Waals surface area contributed by atoms with E-state index < -0.39 is 0 Å². The fourth-order valence-corrected chi connectivity index (χ4v) is 3.02. The lowest BCUT2D eigenvalue weighted by molar-refractivity contribution is -0.129. The van der Waals surface area contributed by atoms with Crippen molar-refractivity contribution in [2.45, 2.75) is 19.3 Å². The first-order chi connectivity index (χ1) is 8.12. The molecular weight excluding hydrogens is 236 g/mol. The zero-order valence-corrected chi connectivity index (χ0v) is 10.5. The number of amides is 1. The van der Waals surface area contributed by atoms with Crippen molar-refractivity contribution < 1.29 is 4.79 Å². The molecule has 0 bridgehead atoms. The van der Waals surface area contributed by atoms with Crippen LogP contribution in [-0.4, -0.2) is 19.5 Å². The Bertz CT molecular complexity index is 482. The molecule has 1 aliphatic carbocycles. The minimum Gasteiger partial charge on any atom is -0.372 e. The predicted octanol–water partition coefficient (Wildman–Crippen LogP) is 2.90. The third-order valence-corrected chi connectivity index (χ3v) is 4.29. The van der Waals surface area contributed by atoms with Crippen LogP contribution in [0.1, 0.15) is 19.3 Å². The van der Waals surface area contributed by atoms with Gasteiger partial charge in [-0.2, -0.15) is 0 Å². The number of fused-ring (bicyclic) bond motifs is 1. The van der Waals surface area contributed by atoms with Crippen LogP contribution in [0.25, 0.3) is 0 Å². The third-order valence-electron chi connectivity index (χ3n) is 3.97. The van der Waals surface area contributed by atoms with Gasteiger partial charge in [0, 0.05) is 13.6 Å². The van der Waals surface area contributed by atoms with Gasteiger partial charge in [-0.25, -0.2) is 0 Å². The number of rotatable bonds is 0. The Kier molecular flexibility index (Phi) is 2.33. The number of hydrogen-bond donors (Lipinski definition) is 1. The molecule has 1 amide bonds. The first kappa shape index (κ1) is 10.9. The molecule has 1 fully saturated rings. The van der Waals surface area contributed by atoms with Crippen LogP contribution >= 0.6 is 11.6 Å². The summed E-state index contributed by atoms with van der Waals surface area (Å²) in [6.45, 7) is 0.784. The molecule has 0 radical (unpaired) electrons. The normalized spacial score (nSPS) is 21.5. The van der Waals surface area contributed by atoms with E-state index in [0.717, 1.165) is 37.2 Å². The van der Waals surface area contributed by atoms with E-state index in [0.29, 0.717) is 5.02 Å². The van der Waals surface area contributed by atoms with Gasteiger partial charge in [-0.1, -0.05) is 24.1 Å². The lowest BCUT2D eigenvalue weighted by Gasteiger charge is -2.40. The maximum atomic E-state index is 12.3. The Morgan fingerprint density at radius 2 is 2.18 bits per heavy atom. The Hall–Kier alpha value is -1.22. The van der Waals surface area contributed by atoms with Crippen molar-refractivity contribution in [1.29, 1.82) is 0 Å². The van der Waals surface area contributed by atoms with Gasteiger partial charge >= 0.3 is 0 Å². The average molecular weight is 251 g/mol. The van der Waals surface area contributed by atoms with Crippen LogP contribution in [-0.2, 0) is 4.79 Å². The molecule has 0 saturated heterocycles. The van der Waals surface area contributed by atoms with E-state index in [2.05, 4.69) is 10.2 Å². The van der Waals surface area contributed by atoms with Crippen LogP contribution in [0.5, 0.6) is 0 Å². The van der Waals surface area contributed by atoms with E-state index in [1.807, 2.05) is 25.2 Å². The maximum Gasteiger partial charge on any atom is 0.232 e. The van der Waals surface area contributed by atoms with E-state index in [4.69, 9.17) is 11.6 Å². The minimum atomic E-state index is -0.197.